The van der Waals surface area contributed by atoms with Crippen molar-refractivity contribution in [2.75, 3.05) is 9.80 Å². The summed E-state index contributed by atoms with van der Waals surface area (Å²) in [7, 11) is 0. The van der Waals surface area contributed by atoms with Crippen LogP contribution in [0.4, 0.5) is 34.1 Å². The van der Waals surface area contributed by atoms with E-state index in [4.69, 9.17) is 19.4 Å². The van der Waals surface area contributed by atoms with Gasteiger partial charge in [0.15, 0.2) is 23.0 Å². The van der Waals surface area contributed by atoms with Crippen LogP contribution in [-0.2, 0) is 0 Å². The highest BCUT2D eigenvalue weighted by atomic mass is 16.5. The molecule has 0 N–H and O–H groups in total. The summed E-state index contributed by atoms with van der Waals surface area (Å²) in [5.74, 6) is 3.33. The summed E-state index contributed by atoms with van der Waals surface area (Å²) in [6.45, 7) is 0. The maximum atomic E-state index is 6.31. The standard InChI is InChI=1S/C50H30N4O2/c1-5-16-43-39(12-1)53(40-13-2-6-17-44(40)55-43)33-24-20-31(21-25-33)37-30-38-48-35(10-9-11-36(48)49-50(38)52-29-28-51-49)47(37)32-22-26-34(27-23-32)54-41-14-3-7-18-45(41)56-46-19-8-4-15-42(46)54/h1-30H. The Morgan fingerprint density at radius 1 is 0.375 bits per heavy atom. The number of hydrogen-bond donors (Lipinski definition) is 0. The zero-order valence-corrected chi connectivity index (χ0v) is 29.9. The minimum Gasteiger partial charge on any atom is -0.453 e. The molecule has 1 aliphatic carbocycles. The van der Waals surface area contributed by atoms with Gasteiger partial charge in [0, 0.05) is 40.3 Å². The van der Waals surface area contributed by atoms with Crippen molar-refractivity contribution in [3.05, 3.63) is 182 Å². The second-order valence-corrected chi connectivity index (χ2v) is 14.2. The first-order chi connectivity index (χ1) is 27.8. The molecule has 3 aliphatic rings. The van der Waals surface area contributed by atoms with E-state index in [1.54, 1.807) is 12.4 Å². The van der Waals surface area contributed by atoms with E-state index in [2.05, 4.69) is 131 Å². The molecule has 8 aromatic carbocycles. The molecule has 0 amide bonds. The van der Waals surface area contributed by atoms with Crippen LogP contribution < -0.4 is 19.3 Å². The van der Waals surface area contributed by atoms with Crippen LogP contribution >= 0.6 is 0 Å². The number of fused-ring (bicyclic) bond motifs is 7. The summed E-state index contributed by atoms with van der Waals surface area (Å²) >= 11 is 0. The Morgan fingerprint density at radius 2 is 0.821 bits per heavy atom. The average molecular weight is 719 g/mol. The molecule has 0 spiro atoms. The molecule has 0 unspecified atom stereocenters. The Kier molecular flexibility index (Phi) is 6.53. The van der Waals surface area contributed by atoms with E-state index < -0.39 is 0 Å². The quantitative estimate of drug-likeness (QED) is 0.181. The highest BCUT2D eigenvalue weighted by Gasteiger charge is 2.30. The third-order valence-electron chi connectivity index (χ3n) is 11.1. The largest absolute Gasteiger partial charge is 0.453 e. The van der Waals surface area contributed by atoms with Gasteiger partial charge in [0.1, 0.15) is 0 Å². The molecule has 3 heterocycles. The molecule has 0 saturated carbocycles. The first-order valence-corrected chi connectivity index (χ1v) is 18.7. The van der Waals surface area contributed by atoms with Crippen LogP contribution in [0.1, 0.15) is 0 Å². The highest BCUT2D eigenvalue weighted by molar-refractivity contribution is 6.20. The smallest absolute Gasteiger partial charge is 0.151 e. The number of aromatic nitrogens is 2. The molecule has 0 fully saturated rings. The Morgan fingerprint density at radius 3 is 1.32 bits per heavy atom. The van der Waals surface area contributed by atoms with E-state index in [9.17, 15) is 0 Å². The number of hydrogen-bond acceptors (Lipinski definition) is 6. The van der Waals surface area contributed by atoms with E-state index >= 15 is 0 Å². The minimum absolute atomic E-state index is 0.832. The SMILES string of the molecule is c1ccc2c(c1)Oc1ccccc1N2c1ccc(-c2cc3c4c(cccc4c2-c2ccc(N4c5ccccc5Oc5ccccc54)cc2)-c2nccnc2-3)cc1. The van der Waals surface area contributed by atoms with Crippen LogP contribution in [0.25, 0.3) is 55.5 Å². The molecular weight excluding hydrogens is 689 g/mol. The van der Waals surface area contributed by atoms with Crippen LogP contribution in [0.3, 0.4) is 0 Å². The maximum Gasteiger partial charge on any atom is 0.151 e. The van der Waals surface area contributed by atoms with Crippen LogP contribution in [0.2, 0.25) is 0 Å². The fourth-order valence-corrected chi connectivity index (χ4v) is 8.67. The number of ether oxygens (including phenoxy) is 2. The number of rotatable bonds is 4. The van der Waals surface area contributed by atoms with Gasteiger partial charge in [-0.05, 0) is 107 Å². The van der Waals surface area contributed by atoms with E-state index in [1.807, 2.05) is 48.5 Å². The number of para-hydroxylation sites is 8. The third kappa shape index (κ3) is 4.50. The second kappa shape index (κ2) is 11.9. The van der Waals surface area contributed by atoms with Crippen molar-refractivity contribution in [3.63, 3.8) is 0 Å². The Balaban J connectivity index is 1.03. The lowest BCUT2D eigenvalue weighted by Crippen LogP contribution is -2.15. The molecule has 0 bridgehead atoms. The summed E-state index contributed by atoms with van der Waals surface area (Å²) in [6, 6.07) is 59.5. The van der Waals surface area contributed by atoms with Crippen molar-refractivity contribution < 1.29 is 9.47 Å². The zero-order chi connectivity index (χ0) is 36.7. The van der Waals surface area contributed by atoms with E-state index in [0.29, 0.717) is 0 Å². The number of anilines is 6. The lowest BCUT2D eigenvalue weighted by atomic mass is 9.87. The molecule has 6 nitrogen and oxygen atoms in total. The summed E-state index contributed by atoms with van der Waals surface area (Å²) in [6.07, 6.45) is 3.57. The predicted molar refractivity (Wildman–Crippen MR) is 224 cm³/mol. The predicted octanol–water partition coefficient (Wildman–Crippen LogP) is 13.8. The second-order valence-electron chi connectivity index (χ2n) is 14.2. The number of nitrogens with zero attached hydrogens (tertiary/aromatic N) is 4. The van der Waals surface area contributed by atoms with Crippen molar-refractivity contribution in [3.8, 4) is 67.8 Å². The van der Waals surface area contributed by atoms with Crippen LogP contribution in [0, 0.1) is 0 Å². The molecule has 12 rings (SSSR count). The molecular formula is C50H30N4O2. The van der Waals surface area contributed by atoms with Crippen LogP contribution in [0.15, 0.2) is 182 Å². The molecule has 56 heavy (non-hydrogen) atoms. The van der Waals surface area contributed by atoms with E-state index in [-0.39, 0.29) is 0 Å². The number of benzene rings is 8. The van der Waals surface area contributed by atoms with Crippen molar-refractivity contribution in [1.29, 1.82) is 0 Å². The summed E-state index contributed by atoms with van der Waals surface area (Å²) < 4.78 is 12.6. The van der Waals surface area contributed by atoms with Gasteiger partial charge < -0.3 is 19.3 Å². The van der Waals surface area contributed by atoms with Gasteiger partial charge in [-0.3, -0.25) is 9.97 Å². The highest BCUT2D eigenvalue weighted by Crippen LogP contribution is 2.54. The molecule has 9 aromatic rings. The van der Waals surface area contributed by atoms with Crippen molar-refractivity contribution >= 4 is 44.9 Å². The zero-order valence-electron chi connectivity index (χ0n) is 29.9. The van der Waals surface area contributed by atoms with Gasteiger partial charge in [0.05, 0.1) is 34.1 Å². The molecule has 0 radical (unpaired) electrons. The average Bonchev–Trinajstić information content (AvgIpc) is 3.59. The Labute approximate surface area is 323 Å². The Bertz CT molecular complexity index is 2960. The van der Waals surface area contributed by atoms with Gasteiger partial charge in [-0.2, -0.15) is 0 Å². The molecule has 6 heteroatoms. The van der Waals surface area contributed by atoms with Gasteiger partial charge >= 0.3 is 0 Å². The van der Waals surface area contributed by atoms with E-state index in [0.717, 1.165) is 96.3 Å². The molecule has 0 saturated heterocycles. The van der Waals surface area contributed by atoms with Crippen molar-refractivity contribution in [2.45, 2.75) is 0 Å². The molecule has 2 aliphatic heterocycles. The van der Waals surface area contributed by atoms with Gasteiger partial charge in [0.25, 0.3) is 0 Å². The molecule has 1 aromatic heterocycles. The summed E-state index contributed by atoms with van der Waals surface area (Å²) in [4.78, 5) is 14.2. The minimum atomic E-state index is 0.832. The summed E-state index contributed by atoms with van der Waals surface area (Å²) in [5.41, 5.74) is 14.7. The van der Waals surface area contributed by atoms with Crippen LogP contribution in [-0.4, -0.2) is 9.97 Å². The topological polar surface area (TPSA) is 50.7 Å². The maximum absolute atomic E-state index is 6.31. The lowest BCUT2D eigenvalue weighted by Gasteiger charge is -2.33. The fourth-order valence-electron chi connectivity index (χ4n) is 8.67. The monoisotopic (exact) mass is 718 g/mol. The molecule has 0 atom stereocenters. The van der Waals surface area contributed by atoms with Gasteiger partial charge in [-0.15, -0.1) is 0 Å². The summed E-state index contributed by atoms with van der Waals surface area (Å²) in [5, 5.41) is 2.36. The van der Waals surface area contributed by atoms with Crippen molar-refractivity contribution in [1.82, 2.24) is 9.97 Å². The van der Waals surface area contributed by atoms with Gasteiger partial charge in [-0.1, -0.05) is 91.0 Å². The van der Waals surface area contributed by atoms with Crippen LogP contribution in [0.5, 0.6) is 23.0 Å². The van der Waals surface area contributed by atoms with Gasteiger partial charge in [0.2, 0.25) is 0 Å². The first kappa shape index (κ1) is 30.7. The fraction of sp³-hybridized carbons (Fsp3) is 0. The lowest BCUT2D eigenvalue weighted by molar-refractivity contribution is 0.477. The third-order valence-corrected chi connectivity index (χ3v) is 11.1. The van der Waals surface area contributed by atoms with Gasteiger partial charge in [-0.25, -0.2) is 0 Å². The Hall–Kier alpha value is -7.70. The van der Waals surface area contributed by atoms with E-state index in [1.165, 1.54) is 16.3 Å². The normalized spacial score (nSPS) is 12.9. The van der Waals surface area contributed by atoms with Crippen molar-refractivity contribution in [2.24, 2.45) is 0 Å². The first-order valence-electron chi connectivity index (χ1n) is 18.7. The molecule has 262 valence electrons.